The standard InChI is InChI=1S/C11H13ClN4/c1-3-4-9-13-5-6-16(9)10-7-8(2)14-11(12)15-10/h5-7H,3-4H2,1-2H3. The van der Waals surface area contributed by atoms with Crippen molar-refractivity contribution in [3.63, 3.8) is 0 Å². The molecule has 84 valence electrons. The third-order valence-electron chi connectivity index (χ3n) is 2.25. The second-order valence-corrected chi connectivity index (χ2v) is 3.94. The Bertz CT molecular complexity index is 472. The van der Waals surface area contributed by atoms with E-state index in [2.05, 4.69) is 21.9 Å². The van der Waals surface area contributed by atoms with E-state index in [0.717, 1.165) is 30.2 Å². The zero-order valence-electron chi connectivity index (χ0n) is 9.31. The number of aromatic nitrogens is 4. The first-order valence-corrected chi connectivity index (χ1v) is 5.62. The summed E-state index contributed by atoms with van der Waals surface area (Å²) in [5.74, 6) is 1.77. The molecule has 2 aromatic rings. The number of imidazole rings is 1. The maximum absolute atomic E-state index is 5.84. The van der Waals surface area contributed by atoms with Gasteiger partial charge in [-0.3, -0.25) is 4.57 Å². The van der Waals surface area contributed by atoms with Gasteiger partial charge in [0.15, 0.2) is 0 Å². The minimum absolute atomic E-state index is 0.270. The van der Waals surface area contributed by atoms with Gasteiger partial charge in [0.25, 0.3) is 0 Å². The molecule has 0 aliphatic heterocycles. The average Bonchev–Trinajstić information content (AvgIpc) is 2.65. The lowest BCUT2D eigenvalue weighted by Crippen LogP contribution is -2.04. The Morgan fingerprint density at radius 3 is 2.88 bits per heavy atom. The van der Waals surface area contributed by atoms with Crippen molar-refractivity contribution in [3.8, 4) is 5.82 Å². The van der Waals surface area contributed by atoms with Crippen molar-refractivity contribution in [1.82, 2.24) is 19.5 Å². The Balaban J connectivity index is 2.45. The van der Waals surface area contributed by atoms with Gasteiger partial charge in [-0.1, -0.05) is 6.92 Å². The second-order valence-electron chi connectivity index (χ2n) is 3.60. The fraction of sp³-hybridized carbons (Fsp3) is 0.364. The van der Waals surface area contributed by atoms with Crippen molar-refractivity contribution in [2.24, 2.45) is 0 Å². The first-order valence-electron chi connectivity index (χ1n) is 5.24. The van der Waals surface area contributed by atoms with E-state index >= 15 is 0 Å². The van der Waals surface area contributed by atoms with E-state index in [9.17, 15) is 0 Å². The van der Waals surface area contributed by atoms with Crippen molar-refractivity contribution in [1.29, 1.82) is 0 Å². The molecule has 0 saturated carbocycles. The Morgan fingerprint density at radius 1 is 1.38 bits per heavy atom. The predicted molar refractivity (Wildman–Crippen MR) is 62.9 cm³/mol. The van der Waals surface area contributed by atoms with E-state index in [0.29, 0.717) is 0 Å². The van der Waals surface area contributed by atoms with Gasteiger partial charge in [-0.05, 0) is 24.9 Å². The molecule has 2 aromatic heterocycles. The zero-order chi connectivity index (χ0) is 11.5. The Labute approximate surface area is 99.3 Å². The van der Waals surface area contributed by atoms with Gasteiger partial charge >= 0.3 is 0 Å². The van der Waals surface area contributed by atoms with Crippen LogP contribution < -0.4 is 0 Å². The molecule has 0 N–H and O–H groups in total. The van der Waals surface area contributed by atoms with Gasteiger partial charge in [-0.2, -0.15) is 4.98 Å². The normalized spacial score (nSPS) is 10.7. The SMILES string of the molecule is CCCc1nccn1-c1cc(C)nc(Cl)n1. The first-order chi connectivity index (χ1) is 7.70. The maximum atomic E-state index is 5.84. The highest BCUT2D eigenvalue weighted by Crippen LogP contribution is 2.13. The predicted octanol–water partition coefficient (Wildman–Crippen LogP) is 2.58. The summed E-state index contributed by atoms with van der Waals surface area (Å²) in [5, 5.41) is 0.270. The number of hydrogen-bond donors (Lipinski definition) is 0. The minimum atomic E-state index is 0.270. The summed E-state index contributed by atoms with van der Waals surface area (Å²) in [6, 6.07) is 1.90. The second kappa shape index (κ2) is 4.61. The molecule has 2 heterocycles. The van der Waals surface area contributed by atoms with Crippen LogP contribution in [0.15, 0.2) is 18.5 Å². The molecule has 0 bridgehead atoms. The number of nitrogens with zero attached hydrogens (tertiary/aromatic N) is 4. The highest BCUT2D eigenvalue weighted by Gasteiger charge is 2.07. The van der Waals surface area contributed by atoms with Crippen LogP contribution in [0.3, 0.4) is 0 Å². The quantitative estimate of drug-likeness (QED) is 0.770. The average molecular weight is 237 g/mol. The molecule has 16 heavy (non-hydrogen) atoms. The summed E-state index contributed by atoms with van der Waals surface area (Å²) in [7, 11) is 0. The molecule has 0 aliphatic rings. The molecule has 0 amide bonds. The number of hydrogen-bond acceptors (Lipinski definition) is 3. The smallest absolute Gasteiger partial charge is 0.224 e. The van der Waals surface area contributed by atoms with Gasteiger partial charge in [0, 0.05) is 30.6 Å². The van der Waals surface area contributed by atoms with Gasteiger partial charge in [0.1, 0.15) is 11.6 Å². The van der Waals surface area contributed by atoms with E-state index in [1.54, 1.807) is 6.20 Å². The molecule has 0 unspecified atom stereocenters. The van der Waals surface area contributed by atoms with E-state index in [-0.39, 0.29) is 5.28 Å². The summed E-state index contributed by atoms with van der Waals surface area (Å²) in [4.78, 5) is 12.5. The van der Waals surface area contributed by atoms with Crippen LogP contribution in [0, 0.1) is 6.92 Å². The van der Waals surface area contributed by atoms with E-state index in [1.807, 2.05) is 23.8 Å². The summed E-state index contributed by atoms with van der Waals surface area (Å²) in [5.41, 5.74) is 0.853. The molecular weight excluding hydrogens is 224 g/mol. The van der Waals surface area contributed by atoms with Crippen LogP contribution >= 0.6 is 11.6 Å². The lowest BCUT2D eigenvalue weighted by Gasteiger charge is -2.06. The van der Waals surface area contributed by atoms with Gasteiger partial charge < -0.3 is 0 Å². The minimum Gasteiger partial charge on any atom is -0.288 e. The van der Waals surface area contributed by atoms with Crippen LogP contribution in [-0.4, -0.2) is 19.5 Å². The van der Waals surface area contributed by atoms with Crippen molar-refractivity contribution < 1.29 is 0 Å². The summed E-state index contributed by atoms with van der Waals surface area (Å²) in [6.45, 7) is 4.02. The third-order valence-corrected chi connectivity index (χ3v) is 2.42. The van der Waals surface area contributed by atoms with Crippen molar-refractivity contribution in [3.05, 3.63) is 35.3 Å². The summed E-state index contributed by atoms with van der Waals surface area (Å²) >= 11 is 5.84. The zero-order valence-corrected chi connectivity index (χ0v) is 10.1. The molecule has 4 nitrogen and oxygen atoms in total. The first kappa shape index (κ1) is 11.1. The highest BCUT2D eigenvalue weighted by molar-refractivity contribution is 6.28. The monoisotopic (exact) mass is 236 g/mol. The van der Waals surface area contributed by atoms with Crippen LogP contribution in [0.5, 0.6) is 0 Å². The Hall–Kier alpha value is -1.42. The van der Waals surface area contributed by atoms with Gasteiger partial charge in [-0.15, -0.1) is 0 Å². The maximum Gasteiger partial charge on any atom is 0.224 e. The molecule has 0 aliphatic carbocycles. The van der Waals surface area contributed by atoms with Crippen molar-refractivity contribution in [2.45, 2.75) is 26.7 Å². The molecule has 5 heteroatoms. The summed E-state index contributed by atoms with van der Waals surface area (Å²) < 4.78 is 1.95. The number of rotatable bonds is 3. The number of aryl methyl sites for hydroxylation is 2. The van der Waals surface area contributed by atoms with Crippen LogP contribution in [0.4, 0.5) is 0 Å². The molecule has 0 atom stereocenters. The lowest BCUT2D eigenvalue weighted by atomic mass is 10.3. The van der Waals surface area contributed by atoms with Gasteiger partial charge in [0.05, 0.1) is 0 Å². The Kier molecular flexibility index (Phi) is 3.19. The molecular formula is C11H13ClN4. The van der Waals surface area contributed by atoms with E-state index in [4.69, 9.17) is 11.6 Å². The van der Waals surface area contributed by atoms with Crippen LogP contribution in [-0.2, 0) is 6.42 Å². The highest BCUT2D eigenvalue weighted by atomic mass is 35.5. The van der Waals surface area contributed by atoms with Crippen molar-refractivity contribution in [2.75, 3.05) is 0 Å². The van der Waals surface area contributed by atoms with Gasteiger partial charge in [0.2, 0.25) is 5.28 Å². The van der Waals surface area contributed by atoms with E-state index in [1.165, 1.54) is 0 Å². The molecule has 0 saturated heterocycles. The molecule has 0 spiro atoms. The fourth-order valence-corrected chi connectivity index (χ4v) is 1.81. The molecule has 0 radical (unpaired) electrons. The topological polar surface area (TPSA) is 43.6 Å². The Morgan fingerprint density at radius 2 is 2.19 bits per heavy atom. The lowest BCUT2D eigenvalue weighted by molar-refractivity contribution is 0.794. The fourth-order valence-electron chi connectivity index (χ4n) is 1.59. The largest absolute Gasteiger partial charge is 0.288 e. The van der Waals surface area contributed by atoms with Crippen LogP contribution in [0.2, 0.25) is 5.28 Å². The molecule has 2 rings (SSSR count). The number of halogens is 1. The van der Waals surface area contributed by atoms with Crippen LogP contribution in [0.1, 0.15) is 24.9 Å². The van der Waals surface area contributed by atoms with E-state index < -0.39 is 0 Å². The molecule has 0 aromatic carbocycles. The summed E-state index contributed by atoms with van der Waals surface area (Å²) in [6.07, 6.45) is 5.64. The molecule has 0 fully saturated rings. The van der Waals surface area contributed by atoms with Crippen LogP contribution in [0.25, 0.3) is 5.82 Å². The van der Waals surface area contributed by atoms with Crippen molar-refractivity contribution >= 4 is 11.6 Å². The third kappa shape index (κ3) is 2.22. The van der Waals surface area contributed by atoms with Gasteiger partial charge in [-0.25, -0.2) is 9.97 Å².